The first kappa shape index (κ1) is 14.7. The van der Waals surface area contributed by atoms with Gasteiger partial charge in [0.1, 0.15) is 0 Å². The second-order valence-electron chi connectivity index (χ2n) is 5.59. The Hall–Kier alpha value is -2.27. The molecule has 2 aromatic rings. The normalized spacial score (nSPS) is 17.5. The largest absolute Gasteiger partial charge is 0.379 e. The topological polar surface area (TPSA) is 64.1 Å². The third-order valence-electron chi connectivity index (χ3n) is 3.63. The Morgan fingerprint density at radius 1 is 1.23 bits per heavy atom. The van der Waals surface area contributed by atoms with Crippen molar-refractivity contribution in [1.82, 2.24) is 15.3 Å². The van der Waals surface area contributed by atoms with Crippen LogP contribution in [-0.2, 0) is 4.74 Å². The van der Waals surface area contributed by atoms with Gasteiger partial charge in [-0.05, 0) is 38.5 Å². The summed E-state index contributed by atoms with van der Waals surface area (Å²) in [5, 5.41) is 2.99. The SMILES string of the molecule is Cc1cc(C)nc(-c2cccc(C(=O)N[C@H]3CCOC3)c2)n1. The maximum atomic E-state index is 12.3. The van der Waals surface area contributed by atoms with Crippen molar-refractivity contribution >= 4 is 5.91 Å². The monoisotopic (exact) mass is 297 g/mol. The molecule has 1 N–H and O–H groups in total. The van der Waals surface area contributed by atoms with E-state index in [2.05, 4.69) is 15.3 Å². The maximum Gasteiger partial charge on any atom is 0.251 e. The maximum absolute atomic E-state index is 12.3. The minimum Gasteiger partial charge on any atom is -0.379 e. The fraction of sp³-hybridized carbons (Fsp3) is 0.353. The second-order valence-corrected chi connectivity index (χ2v) is 5.59. The summed E-state index contributed by atoms with van der Waals surface area (Å²) in [5.41, 5.74) is 3.30. The number of aromatic nitrogens is 2. The van der Waals surface area contributed by atoms with Gasteiger partial charge in [0.25, 0.3) is 5.91 Å². The Balaban J connectivity index is 1.83. The molecule has 1 fully saturated rings. The highest BCUT2D eigenvalue weighted by Crippen LogP contribution is 2.18. The Morgan fingerprint density at radius 3 is 2.68 bits per heavy atom. The molecular formula is C17H19N3O2. The average Bonchev–Trinajstić information content (AvgIpc) is 2.99. The van der Waals surface area contributed by atoms with Crippen molar-refractivity contribution in [2.75, 3.05) is 13.2 Å². The van der Waals surface area contributed by atoms with E-state index in [4.69, 9.17) is 4.74 Å². The molecule has 3 rings (SSSR count). The van der Waals surface area contributed by atoms with Crippen LogP contribution < -0.4 is 5.32 Å². The Bertz CT molecular complexity index is 674. The number of hydrogen-bond acceptors (Lipinski definition) is 4. The van der Waals surface area contributed by atoms with Crippen LogP contribution in [0.5, 0.6) is 0 Å². The van der Waals surface area contributed by atoms with Gasteiger partial charge in [-0.15, -0.1) is 0 Å². The number of nitrogens with one attached hydrogen (secondary N) is 1. The summed E-state index contributed by atoms with van der Waals surface area (Å²) in [6.07, 6.45) is 0.867. The quantitative estimate of drug-likeness (QED) is 0.944. The van der Waals surface area contributed by atoms with Gasteiger partial charge in [-0.1, -0.05) is 12.1 Å². The molecule has 114 valence electrons. The number of benzene rings is 1. The number of amides is 1. The van der Waals surface area contributed by atoms with Crippen molar-refractivity contribution in [2.45, 2.75) is 26.3 Å². The van der Waals surface area contributed by atoms with Crippen molar-refractivity contribution in [2.24, 2.45) is 0 Å². The summed E-state index contributed by atoms with van der Waals surface area (Å²) in [7, 11) is 0. The Labute approximate surface area is 129 Å². The molecule has 0 radical (unpaired) electrons. The van der Waals surface area contributed by atoms with Crippen LogP contribution in [0.3, 0.4) is 0 Å². The molecule has 2 heterocycles. The lowest BCUT2D eigenvalue weighted by molar-refractivity contribution is 0.0930. The number of aryl methyl sites for hydroxylation is 2. The Morgan fingerprint density at radius 2 is 2.00 bits per heavy atom. The van der Waals surface area contributed by atoms with Crippen molar-refractivity contribution in [1.29, 1.82) is 0 Å². The van der Waals surface area contributed by atoms with E-state index in [-0.39, 0.29) is 11.9 Å². The molecule has 1 saturated heterocycles. The van der Waals surface area contributed by atoms with Gasteiger partial charge in [-0.25, -0.2) is 9.97 Å². The summed E-state index contributed by atoms with van der Waals surface area (Å²) in [4.78, 5) is 21.2. The van der Waals surface area contributed by atoms with Crippen molar-refractivity contribution in [3.05, 3.63) is 47.3 Å². The lowest BCUT2D eigenvalue weighted by Crippen LogP contribution is -2.34. The van der Waals surface area contributed by atoms with Crippen molar-refractivity contribution < 1.29 is 9.53 Å². The summed E-state index contributed by atoms with van der Waals surface area (Å²) in [6.45, 7) is 5.18. The minimum absolute atomic E-state index is 0.0817. The van der Waals surface area contributed by atoms with Crippen molar-refractivity contribution in [3.8, 4) is 11.4 Å². The van der Waals surface area contributed by atoms with E-state index >= 15 is 0 Å². The van der Waals surface area contributed by atoms with E-state index in [1.807, 2.05) is 38.1 Å². The molecule has 5 nitrogen and oxygen atoms in total. The first-order valence-electron chi connectivity index (χ1n) is 7.43. The standard InChI is InChI=1S/C17H19N3O2/c1-11-8-12(2)19-16(18-11)13-4-3-5-14(9-13)17(21)20-15-6-7-22-10-15/h3-5,8-9,15H,6-7,10H2,1-2H3,(H,20,21)/t15-/m0/s1. The van der Waals surface area contributed by atoms with Gasteiger partial charge in [-0.3, -0.25) is 4.79 Å². The first-order valence-corrected chi connectivity index (χ1v) is 7.43. The van der Waals surface area contributed by atoms with Gasteiger partial charge in [0.05, 0.1) is 12.6 Å². The minimum atomic E-state index is -0.0817. The fourth-order valence-electron chi connectivity index (χ4n) is 2.57. The zero-order valence-corrected chi connectivity index (χ0v) is 12.8. The highest BCUT2D eigenvalue weighted by atomic mass is 16.5. The molecule has 1 amide bonds. The highest BCUT2D eigenvalue weighted by molar-refractivity contribution is 5.95. The smallest absolute Gasteiger partial charge is 0.251 e. The highest BCUT2D eigenvalue weighted by Gasteiger charge is 2.18. The molecule has 5 heteroatoms. The van der Waals surface area contributed by atoms with Crippen LogP contribution in [0.4, 0.5) is 0 Å². The first-order chi connectivity index (χ1) is 10.6. The van der Waals surface area contributed by atoms with E-state index in [0.29, 0.717) is 24.6 Å². The molecular weight excluding hydrogens is 278 g/mol. The van der Waals surface area contributed by atoms with Gasteiger partial charge < -0.3 is 10.1 Å². The molecule has 0 bridgehead atoms. The molecule has 0 aliphatic carbocycles. The molecule has 0 saturated carbocycles. The number of ether oxygens (including phenoxy) is 1. The van der Waals surface area contributed by atoms with E-state index in [9.17, 15) is 4.79 Å². The Kier molecular flexibility index (Phi) is 4.15. The third kappa shape index (κ3) is 3.31. The van der Waals surface area contributed by atoms with Crippen LogP contribution in [-0.4, -0.2) is 35.1 Å². The summed E-state index contributed by atoms with van der Waals surface area (Å²) in [6, 6.07) is 9.45. The van der Waals surface area contributed by atoms with Crippen LogP contribution in [0.2, 0.25) is 0 Å². The average molecular weight is 297 g/mol. The van der Waals surface area contributed by atoms with E-state index < -0.39 is 0 Å². The number of carbonyl (C=O) groups excluding carboxylic acids is 1. The summed E-state index contributed by atoms with van der Waals surface area (Å²) >= 11 is 0. The van der Waals surface area contributed by atoms with Gasteiger partial charge in [0.2, 0.25) is 0 Å². The molecule has 1 aliphatic rings. The lowest BCUT2D eigenvalue weighted by Gasteiger charge is -2.11. The van der Waals surface area contributed by atoms with Crippen LogP contribution in [0.1, 0.15) is 28.2 Å². The van der Waals surface area contributed by atoms with Gasteiger partial charge in [0, 0.05) is 29.1 Å². The van der Waals surface area contributed by atoms with Crippen molar-refractivity contribution in [3.63, 3.8) is 0 Å². The van der Waals surface area contributed by atoms with Crippen LogP contribution in [0, 0.1) is 13.8 Å². The summed E-state index contributed by atoms with van der Waals surface area (Å²) in [5.74, 6) is 0.568. The zero-order chi connectivity index (χ0) is 15.5. The third-order valence-corrected chi connectivity index (χ3v) is 3.63. The molecule has 1 aromatic carbocycles. The zero-order valence-electron chi connectivity index (χ0n) is 12.8. The second kappa shape index (κ2) is 6.23. The summed E-state index contributed by atoms with van der Waals surface area (Å²) < 4.78 is 5.28. The van der Waals surface area contributed by atoms with E-state index in [1.165, 1.54) is 0 Å². The molecule has 1 aliphatic heterocycles. The molecule has 0 unspecified atom stereocenters. The van der Waals surface area contributed by atoms with Crippen LogP contribution in [0.15, 0.2) is 30.3 Å². The predicted octanol–water partition coefficient (Wildman–Crippen LogP) is 2.28. The molecule has 0 spiro atoms. The van der Waals surface area contributed by atoms with Gasteiger partial charge >= 0.3 is 0 Å². The fourth-order valence-corrected chi connectivity index (χ4v) is 2.57. The molecule has 1 atom stereocenters. The molecule has 1 aromatic heterocycles. The van der Waals surface area contributed by atoms with E-state index in [0.717, 1.165) is 23.4 Å². The number of rotatable bonds is 3. The van der Waals surface area contributed by atoms with Gasteiger partial charge in [0.15, 0.2) is 5.82 Å². The number of nitrogens with zero attached hydrogens (tertiary/aromatic N) is 2. The molecule has 22 heavy (non-hydrogen) atoms. The number of hydrogen-bond donors (Lipinski definition) is 1. The van der Waals surface area contributed by atoms with Gasteiger partial charge in [-0.2, -0.15) is 0 Å². The lowest BCUT2D eigenvalue weighted by atomic mass is 10.1. The van der Waals surface area contributed by atoms with Crippen LogP contribution >= 0.6 is 0 Å². The number of carbonyl (C=O) groups is 1. The van der Waals surface area contributed by atoms with E-state index in [1.54, 1.807) is 6.07 Å². The van der Waals surface area contributed by atoms with Crippen LogP contribution in [0.25, 0.3) is 11.4 Å². The predicted molar refractivity (Wildman–Crippen MR) is 83.6 cm³/mol.